The molecule has 0 atom stereocenters. The maximum Gasteiger partial charge on any atom is 0.0470 e. The van der Waals surface area contributed by atoms with Gasteiger partial charge in [-0.15, -0.1) is 11.8 Å². The van der Waals surface area contributed by atoms with E-state index in [1.807, 2.05) is 11.8 Å². The summed E-state index contributed by atoms with van der Waals surface area (Å²) >= 11 is 1.92. The molecule has 1 rings (SSSR count). The Kier molecular flexibility index (Phi) is 6.90. The van der Waals surface area contributed by atoms with Gasteiger partial charge in [-0.2, -0.15) is 0 Å². The number of thioether (sulfide) groups is 1. The standard InChI is InChI=1S/C16H27NOS/c1-13-11-14(12-17-16(2,3)4)7-8-15(13)19-10-6-9-18-5/h7-8,11,17H,6,9-10,12H2,1-5H3. The first-order valence-corrected chi connectivity index (χ1v) is 7.87. The van der Waals surface area contributed by atoms with Crippen LogP contribution in [0.15, 0.2) is 23.1 Å². The van der Waals surface area contributed by atoms with Crippen LogP contribution in [-0.2, 0) is 11.3 Å². The van der Waals surface area contributed by atoms with Crippen LogP contribution in [-0.4, -0.2) is 25.0 Å². The molecule has 0 spiro atoms. The lowest BCUT2D eigenvalue weighted by Gasteiger charge is -2.21. The zero-order valence-electron chi connectivity index (χ0n) is 12.9. The molecule has 0 unspecified atom stereocenters. The fourth-order valence-electron chi connectivity index (χ4n) is 1.74. The first-order valence-electron chi connectivity index (χ1n) is 6.88. The Morgan fingerprint density at radius 3 is 2.58 bits per heavy atom. The molecule has 1 aromatic rings. The molecule has 19 heavy (non-hydrogen) atoms. The first-order chi connectivity index (χ1) is 8.92. The molecule has 0 radical (unpaired) electrons. The van der Waals surface area contributed by atoms with Crippen LogP contribution in [0.2, 0.25) is 0 Å². The Morgan fingerprint density at radius 2 is 2.00 bits per heavy atom. The van der Waals surface area contributed by atoms with Gasteiger partial charge < -0.3 is 10.1 Å². The van der Waals surface area contributed by atoms with Crippen LogP contribution in [0.25, 0.3) is 0 Å². The second-order valence-electron chi connectivity index (χ2n) is 5.90. The van der Waals surface area contributed by atoms with Crippen molar-refractivity contribution >= 4 is 11.8 Å². The van der Waals surface area contributed by atoms with E-state index in [4.69, 9.17) is 4.74 Å². The summed E-state index contributed by atoms with van der Waals surface area (Å²) in [6.07, 6.45) is 1.11. The third-order valence-electron chi connectivity index (χ3n) is 2.81. The summed E-state index contributed by atoms with van der Waals surface area (Å²) in [5.74, 6) is 1.12. The molecule has 1 N–H and O–H groups in total. The molecular formula is C16H27NOS. The number of methoxy groups -OCH3 is 1. The van der Waals surface area contributed by atoms with Crippen molar-refractivity contribution in [2.45, 2.75) is 51.1 Å². The van der Waals surface area contributed by atoms with Crippen molar-refractivity contribution in [2.75, 3.05) is 19.5 Å². The van der Waals surface area contributed by atoms with Crippen molar-refractivity contribution in [3.05, 3.63) is 29.3 Å². The average molecular weight is 281 g/mol. The molecule has 1 aromatic carbocycles. The number of rotatable bonds is 7. The van der Waals surface area contributed by atoms with E-state index in [9.17, 15) is 0 Å². The van der Waals surface area contributed by atoms with Gasteiger partial charge in [0.05, 0.1) is 0 Å². The molecule has 0 aromatic heterocycles. The van der Waals surface area contributed by atoms with Crippen molar-refractivity contribution in [2.24, 2.45) is 0 Å². The number of nitrogens with one attached hydrogen (secondary N) is 1. The van der Waals surface area contributed by atoms with Gasteiger partial charge in [0, 0.05) is 36.4 Å². The second kappa shape index (κ2) is 7.93. The van der Waals surface area contributed by atoms with Gasteiger partial charge in [-0.25, -0.2) is 0 Å². The summed E-state index contributed by atoms with van der Waals surface area (Å²) in [5, 5.41) is 3.52. The van der Waals surface area contributed by atoms with E-state index in [0.29, 0.717) is 0 Å². The lowest BCUT2D eigenvalue weighted by molar-refractivity contribution is 0.200. The molecule has 108 valence electrons. The molecule has 0 saturated heterocycles. The van der Waals surface area contributed by atoms with Crippen LogP contribution in [0.3, 0.4) is 0 Å². The average Bonchev–Trinajstić information content (AvgIpc) is 2.33. The fraction of sp³-hybridized carbons (Fsp3) is 0.625. The van der Waals surface area contributed by atoms with Crippen LogP contribution in [0, 0.1) is 6.92 Å². The normalized spacial score (nSPS) is 11.8. The Bertz CT molecular complexity index is 385. The van der Waals surface area contributed by atoms with E-state index in [2.05, 4.69) is 51.2 Å². The molecule has 0 amide bonds. The van der Waals surface area contributed by atoms with Crippen molar-refractivity contribution in [3.8, 4) is 0 Å². The SMILES string of the molecule is COCCCSc1ccc(CNC(C)(C)C)cc1C. The minimum absolute atomic E-state index is 0.168. The lowest BCUT2D eigenvalue weighted by atomic mass is 10.1. The van der Waals surface area contributed by atoms with Crippen LogP contribution < -0.4 is 5.32 Å². The number of ether oxygens (including phenoxy) is 1. The molecule has 0 saturated carbocycles. The van der Waals surface area contributed by atoms with E-state index in [-0.39, 0.29) is 5.54 Å². The summed E-state index contributed by atoms with van der Waals surface area (Å²) < 4.78 is 5.07. The molecule has 0 heterocycles. The Morgan fingerprint density at radius 1 is 1.26 bits per heavy atom. The summed E-state index contributed by atoms with van der Waals surface area (Å²) in [6.45, 7) is 10.6. The number of hydrogen-bond donors (Lipinski definition) is 1. The van der Waals surface area contributed by atoms with Gasteiger partial charge in [-0.05, 0) is 51.3 Å². The van der Waals surface area contributed by atoms with Gasteiger partial charge in [-0.1, -0.05) is 12.1 Å². The molecule has 2 nitrogen and oxygen atoms in total. The highest BCUT2D eigenvalue weighted by Crippen LogP contribution is 2.24. The van der Waals surface area contributed by atoms with Gasteiger partial charge in [-0.3, -0.25) is 0 Å². The summed E-state index contributed by atoms with van der Waals surface area (Å²) in [6, 6.07) is 6.76. The van der Waals surface area contributed by atoms with Crippen molar-refractivity contribution < 1.29 is 4.74 Å². The molecule has 3 heteroatoms. The van der Waals surface area contributed by atoms with E-state index < -0.39 is 0 Å². The van der Waals surface area contributed by atoms with E-state index >= 15 is 0 Å². The predicted octanol–water partition coefficient (Wildman–Crippen LogP) is 4.01. The first kappa shape index (κ1) is 16.5. The number of benzene rings is 1. The topological polar surface area (TPSA) is 21.3 Å². The summed E-state index contributed by atoms with van der Waals surface area (Å²) in [5.41, 5.74) is 2.89. The monoisotopic (exact) mass is 281 g/mol. The Balaban J connectivity index is 2.49. The highest BCUT2D eigenvalue weighted by atomic mass is 32.2. The smallest absolute Gasteiger partial charge is 0.0470 e. The second-order valence-corrected chi connectivity index (χ2v) is 7.03. The van der Waals surface area contributed by atoms with Gasteiger partial charge in [0.1, 0.15) is 0 Å². The fourth-order valence-corrected chi connectivity index (χ4v) is 2.67. The molecule has 0 aliphatic rings. The highest BCUT2D eigenvalue weighted by Gasteiger charge is 2.08. The van der Waals surface area contributed by atoms with Gasteiger partial charge in [0.2, 0.25) is 0 Å². The predicted molar refractivity (Wildman–Crippen MR) is 85.0 cm³/mol. The quantitative estimate of drug-likeness (QED) is 0.602. The third-order valence-corrected chi connectivity index (χ3v) is 4.07. The minimum Gasteiger partial charge on any atom is -0.385 e. The lowest BCUT2D eigenvalue weighted by Crippen LogP contribution is -2.35. The van der Waals surface area contributed by atoms with Crippen molar-refractivity contribution in [1.29, 1.82) is 0 Å². The molecular weight excluding hydrogens is 254 g/mol. The summed E-state index contributed by atoms with van der Waals surface area (Å²) in [7, 11) is 1.76. The van der Waals surface area contributed by atoms with Crippen LogP contribution >= 0.6 is 11.8 Å². The van der Waals surface area contributed by atoms with Gasteiger partial charge >= 0.3 is 0 Å². The van der Waals surface area contributed by atoms with Crippen LogP contribution in [0.1, 0.15) is 38.3 Å². The van der Waals surface area contributed by atoms with Gasteiger partial charge in [0.15, 0.2) is 0 Å². The molecule has 0 aliphatic heterocycles. The number of hydrogen-bond acceptors (Lipinski definition) is 3. The largest absolute Gasteiger partial charge is 0.385 e. The van der Waals surface area contributed by atoms with Crippen LogP contribution in [0.4, 0.5) is 0 Å². The zero-order chi connectivity index (χ0) is 14.3. The van der Waals surface area contributed by atoms with E-state index in [1.54, 1.807) is 7.11 Å². The maximum atomic E-state index is 5.07. The van der Waals surface area contributed by atoms with E-state index in [1.165, 1.54) is 16.0 Å². The maximum absolute atomic E-state index is 5.07. The third kappa shape index (κ3) is 7.00. The highest BCUT2D eigenvalue weighted by molar-refractivity contribution is 7.99. The van der Waals surface area contributed by atoms with Crippen molar-refractivity contribution in [1.82, 2.24) is 5.32 Å². The Labute approximate surface area is 122 Å². The number of aryl methyl sites for hydroxylation is 1. The van der Waals surface area contributed by atoms with Crippen molar-refractivity contribution in [3.63, 3.8) is 0 Å². The summed E-state index contributed by atoms with van der Waals surface area (Å²) in [4.78, 5) is 1.38. The van der Waals surface area contributed by atoms with Crippen LogP contribution in [0.5, 0.6) is 0 Å². The molecule has 0 aliphatic carbocycles. The van der Waals surface area contributed by atoms with E-state index in [0.717, 1.165) is 25.3 Å². The molecule has 0 fully saturated rings. The zero-order valence-corrected chi connectivity index (χ0v) is 13.7. The molecule has 0 bridgehead atoms. The van der Waals surface area contributed by atoms with Gasteiger partial charge in [0.25, 0.3) is 0 Å². The minimum atomic E-state index is 0.168. The Hall–Kier alpha value is -0.510.